The molecule has 0 radical (unpaired) electrons. The molecule has 1 heterocycles. The second kappa shape index (κ2) is 6.35. The molecule has 1 saturated heterocycles. The summed E-state index contributed by atoms with van der Waals surface area (Å²) in [7, 11) is -4.18. The highest BCUT2D eigenvalue weighted by Gasteiger charge is 2.31. The maximum atomic E-state index is 13.9. The summed E-state index contributed by atoms with van der Waals surface area (Å²) >= 11 is 0. The van der Waals surface area contributed by atoms with E-state index in [4.69, 9.17) is 9.84 Å². The third-order valence-electron chi connectivity index (χ3n) is 3.27. The van der Waals surface area contributed by atoms with Crippen LogP contribution in [0.1, 0.15) is 18.9 Å². The maximum Gasteiger partial charge on any atom is 0.246 e. The first kappa shape index (κ1) is 16.3. The summed E-state index contributed by atoms with van der Waals surface area (Å²) in [6, 6.07) is 1.74. The predicted molar refractivity (Wildman–Crippen MR) is 71.1 cm³/mol. The van der Waals surface area contributed by atoms with Gasteiger partial charge in [-0.3, -0.25) is 0 Å². The van der Waals surface area contributed by atoms with Crippen LogP contribution in [0.2, 0.25) is 0 Å². The van der Waals surface area contributed by atoms with Gasteiger partial charge < -0.3 is 9.84 Å². The molecule has 0 amide bonds. The van der Waals surface area contributed by atoms with Crippen molar-refractivity contribution in [2.24, 2.45) is 0 Å². The monoisotopic (exact) mass is 321 g/mol. The third-order valence-corrected chi connectivity index (χ3v) is 5.13. The molecule has 0 spiro atoms. The summed E-state index contributed by atoms with van der Waals surface area (Å²) in [6.45, 7) is 1.82. The van der Waals surface area contributed by atoms with Crippen LogP contribution in [-0.2, 0) is 21.4 Å². The summed E-state index contributed by atoms with van der Waals surface area (Å²) in [5.74, 6) is -2.72. The molecule has 5 nitrogen and oxygen atoms in total. The summed E-state index contributed by atoms with van der Waals surface area (Å²) in [6.07, 6.45) is 0.157. The zero-order valence-corrected chi connectivity index (χ0v) is 12.4. The number of nitrogens with zero attached hydrogens (tertiary/aromatic N) is 1. The Morgan fingerprint density at radius 1 is 1.43 bits per heavy atom. The Bertz CT molecular complexity index is 621. The molecule has 0 bridgehead atoms. The van der Waals surface area contributed by atoms with Crippen molar-refractivity contribution in [2.75, 3.05) is 19.7 Å². The number of rotatable bonds is 3. The van der Waals surface area contributed by atoms with Gasteiger partial charge in [0.25, 0.3) is 0 Å². The molecule has 1 aromatic carbocycles. The molecule has 1 unspecified atom stereocenters. The Balaban J connectivity index is 2.45. The van der Waals surface area contributed by atoms with E-state index < -0.39 is 33.2 Å². The molecule has 0 aliphatic carbocycles. The van der Waals surface area contributed by atoms with Crippen LogP contribution in [0.25, 0.3) is 0 Å². The average Bonchev–Trinajstić information content (AvgIpc) is 2.66. The zero-order chi connectivity index (χ0) is 15.6. The van der Waals surface area contributed by atoms with Gasteiger partial charge in [-0.1, -0.05) is 0 Å². The van der Waals surface area contributed by atoms with Gasteiger partial charge in [0.05, 0.1) is 12.7 Å². The fourth-order valence-electron chi connectivity index (χ4n) is 2.21. The standard InChI is InChI=1S/C13H17F2NO4S/c1-9-7-16(3-2-4-20-9)21(18,19)12-6-10(8-17)5-11(14)13(12)15/h5-6,9,17H,2-4,7-8H2,1H3. The van der Waals surface area contributed by atoms with Crippen LogP contribution in [-0.4, -0.2) is 43.6 Å². The minimum absolute atomic E-state index is 0.00611. The second-order valence-corrected chi connectivity index (χ2v) is 6.85. The fraction of sp³-hybridized carbons (Fsp3) is 0.538. The van der Waals surface area contributed by atoms with Crippen LogP contribution in [0.5, 0.6) is 0 Å². The van der Waals surface area contributed by atoms with Crippen molar-refractivity contribution in [2.45, 2.75) is 31.0 Å². The van der Waals surface area contributed by atoms with E-state index in [2.05, 4.69) is 0 Å². The molecule has 118 valence electrons. The number of aliphatic hydroxyl groups is 1. The lowest BCUT2D eigenvalue weighted by atomic mass is 10.2. The maximum absolute atomic E-state index is 13.9. The van der Waals surface area contributed by atoms with Gasteiger partial charge in [-0.05, 0) is 31.0 Å². The first-order chi connectivity index (χ1) is 9.86. The number of aliphatic hydroxyl groups excluding tert-OH is 1. The summed E-state index contributed by atoms with van der Waals surface area (Å²) in [5, 5.41) is 9.02. The predicted octanol–water partition coefficient (Wildman–Crippen LogP) is 1.26. The molecule has 1 aliphatic rings. The molecule has 21 heavy (non-hydrogen) atoms. The Hall–Kier alpha value is -1.09. The van der Waals surface area contributed by atoms with E-state index in [0.29, 0.717) is 13.0 Å². The number of ether oxygens (including phenoxy) is 1. The van der Waals surface area contributed by atoms with Crippen molar-refractivity contribution < 1.29 is 27.0 Å². The van der Waals surface area contributed by atoms with E-state index in [1.807, 2.05) is 0 Å². The second-order valence-electron chi connectivity index (χ2n) is 4.95. The lowest BCUT2D eigenvalue weighted by molar-refractivity contribution is 0.0751. The number of hydrogen-bond donors (Lipinski definition) is 1. The highest BCUT2D eigenvalue weighted by molar-refractivity contribution is 7.89. The van der Waals surface area contributed by atoms with Crippen molar-refractivity contribution in [3.63, 3.8) is 0 Å². The van der Waals surface area contributed by atoms with Gasteiger partial charge in [0.2, 0.25) is 10.0 Å². The fourth-order valence-corrected chi connectivity index (χ4v) is 3.89. The van der Waals surface area contributed by atoms with Crippen LogP contribution in [0.4, 0.5) is 8.78 Å². The van der Waals surface area contributed by atoms with E-state index >= 15 is 0 Å². The third kappa shape index (κ3) is 3.39. The van der Waals surface area contributed by atoms with Gasteiger partial charge in [0.15, 0.2) is 11.6 Å². The van der Waals surface area contributed by atoms with Crippen LogP contribution >= 0.6 is 0 Å². The molecule has 1 atom stereocenters. The lowest BCUT2D eigenvalue weighted by Gasteiger charge is -2.22. The highest BCUT2D eigenvalue weighted by Crippen LogP contribution is 2.25. The van der Waals surface area contributed by atoms with Crippen molar-refractivity contribution in [1.82, 2.24) is 4.31 Å². The lowest BCUT2D eigenvalue weighted by Crippen LogP contribution is -2.36. The van der Waals surface area contributed by atoms with Crippen LogP contribution in [0, 0.1) is 11.6 Å². The van der Waals surface area contributed by atoms with Crippen molar-refractivity contribution in [3.8, 4) is 0 Å². The van der Waals surface area contributed by atoms with E-state index in [1.165, 1.54) is 0 Å². The number of halogens is 2. The highest BCUT2D eigenvalue weighted by atomic mass is 32.2. The van der Waals surface area contributed by atoms with Gasteiger partial charge in [-0.2, -0.15) is 4.31 Å². The normalized spacial score (nSPS) is 21.2. The first-order valence-electron chi connectivity index (χ1n) is 6.56. The van der Waals surface area contributed by atoms with Crippen LogP contribution in [0.15, 0.2) is 17.0 Å². The minimum Gasteiger partial charge on any atom is -0.392 e. The van der Waals surface area contributed by atoms with Gasteiger partial charge in [0.1, 0.15) is 4.90 Å². The number of benzene rings is 1. The Morgan fingerprint density at radius 2 is 2.14 bits per heavy atom. The molecule has 2 rings (SSSR count). The zero-order valence-electron chi connectivity index (χ0n) is 11.6. The van der Waals surface area contributed by atoms with Crippen molar-refractivity contribution >= 4 is 10.0 Å². The number of sulfonamides is 1. The van der Waals surface area contributed by atoms with Crippen molar-refractivity contribution in [3.05, 3.63) is 29.3 Å². The van der Waals surface area contributed by atoms with E-state index in [0.717, 1.165) is 16.4 Å². The SMILES string of the molecule is CC1CN(S(=O)(=O)c2cc(CO)cc(F)c2F)CCCO1. The minimum atomic E-state index is -4.18. The smallest absolute Gasteiger partial charge is 0.246 e. The van der Waals surface area contributed by atoms with E-state index in [-0.39, 0.29) is 24.8 Å². The molecular weight excluding hydrogens is 304 g/mol. The van der Waals surface area contributed by atoms with Crippen LogP contribution < -0.4 is 0 Å². The molecule has 0 saturated carbocycles. The number of hydrogen-bond acceptors (Lipinski definition) is 4. The van der Waals surface area contributed by atoms with Crippen LogP contribution in [0.3, 0.4) is 0 Å². The molecule has 1 fully saturated rings. The quantitative estimate of drug-likeness (QED) is 0.910. The Kier molecular flexibility index (Phi) is 4.92. The Labute approximate surface area is 122 Å². The van der Waals surface area contributed by atoms with Gasteiger partial charge in [-0.25, -0.2) is 17.2 Å². The summed E-state index contributed by atoms with van der Waals surface area (Å²) in [5.41, 5.74) is 0.00611. The molecule has 1 aromatic rings. The topological polar surface area (TPSA) is 66.8 Å². The van der Waals surface area contributed by atoms with Gasteiger partial charge in [0, 0.05) is 19.7 Å². The summed E-state index contributed by atoms with van der Waals surface area (Å²) in [4.78, 5) is -0.749. The average molecular weight is 321 g/mol. The molecular formula is C13H17F2NO4S. The summed E-state index contributed by atoms with van der Waals surface area (Å²) < 4.78 is 58.8. The van der Waals surface area contributed by atoms with E-state index in [9.17, 15) is 17.2 Å². The Morgan fingerprint density at radius 3 is 2.81 bits per heavy atom. The molecule has 1 N–H and O–H groups in total. The van der Waals surface area contributed by atoms with Crippen molar-refractivity contribution in [1.29, 1.82) is 0 Å². The molecule has 1 aliphatic heterocycles. The first-order valence-corrected chi connectivity index (χ1v) is 8.00. The van der Waals surface area contributed by atoms with E-state index in [1.54, 1.807) is 6.92 Å². The molecule has 8 heteroatoms. The largest absolute Gasteiger partial charge is 0.392 e. The van der Waals surface area contributed by atoms with Gasteiger partial charge in [-0.15, -0.1) is 0 Å². The van der Waals surface area contributed by atoms with Gasteiger partial charge >= 0.3 is 0 Å². The molecule has 0 aromatic heterocycles.